The molecule has 0 aliphatic rings. The maximum atomic E-state index is 5.84. The minimum atomic E-state index is 0.674. The van der Waals surface area contributed by atoms with Gasteiger partial charge in [0, 0.05) is 38.5 Å². The summed E-state index contributed by atoms with van der Waals surface area (Å²) in [6.07, 6.45) is 0. The van der Waals surface area contributed by atoms with Gasteiger partial charge in [-0.1, -0.05) is 109 Å². The number of benzene rings is 6. The van der Waals surface area contributed by atoms with Gasteiger partial charge in [0.25, 0.3) is 0 Å². The summed E-state index contributed by atoms with van der Waals surface area (Å²) >= 11 is 0. The van der Waals surface area contributed by atoms with Crippen molar-refractivity contribution in [2.75, 3.05) is 14.2 Å². The molecule has 48 heavy (non-hydrogen) atoms. The normalized spacial score (nSPS) is 11.5. The van der Waals surface area contributed by atoms with E-state index in [-0.39, 0.29) is 0 Å². The van der Waals surface area contributed by atoms with Gasteiger partial charge in [-0.3, -0.25) is 0 Å². The predicted octanol–water partition coefficient (Wildman–Crippen LogP) is 10.6. The van der Waals surface area contributed by atoms with Gasteiger partial charge in [0.15, 0.2) is 11.5 Å². The Kier molecular flexibility index (Phi) is 6.51. The molecule has 0 saturated carbocycles. The summed E-state index contributed by atoms with van der Waals surface area (Å²) in [5.74, 6) is 1.36. The Morgan fingerprint density at radius 1 is 0.500 bits per heavy atom. The molecule has 6 aromatic carbocycles. The molecule has 0 amide bonds. The standard InChI is InChI=1S/C43H31N3O2/c1-47-39-26-31-25-37(28-14-6-3-7-15-28)46-43(35(31)27-40(39)48-2)41(42(44-46)29-16-8-4-9-17-29)30-22-23-34-33-20-12-13-21-36(33)45(38(34)24-30)32-18-10-5-11-19-32/h3-27H,1-2H3. The Balaban J connectivity index is 1.45. The molecule has 0 atom stereocenters. The monoisotopic (exact) mass is 621 g/mol. The number of aromatic nitrogens is 3. The lowest BCUT2D eigenvalue weighted by Gasteiger charge is -2.14. The third-order valence-electron chi connectivity index (χ3n) is 9.31. The van der Waals surface area contributed by atoms with E-state index in [1.54, 1.807) is 14.2 Å². The summed E-state index contributed by atoms with van der Waals surface area (Å²) in [6, 6.07) is 53.3. The Morgan fingerprint density at radius 2 is 1.12 bits per heavy atom. The molecule has 0 unspecified atom stereocenters. The number of ether oxygens (including phenoxy) is 2. The van der Waals surface area contributed by atoms with Crippen LogP contribution in [0.15, 0.2) is 152 Å². The molecule has 0 saturated heterocycles. The third-order valence-corrected chi connectivity index (χ3v) is 9.31. The molecular formula is C43H31N3O2. The Labute approximate surface area is 277 Å². The van der Waals surface area contributed by atoms with Crippen molar-refractivity contribution in [3.8, 4) is 50.8 Å². The molecule has 0 aliphatic heterocycles. The molecule has 0 N–H and O–H groups in total. The molecule has 5 heteroatoms. The highest BCUT2D eigenvalue weighted by Gasteiger charge is 2.24. The Hall–Kier alpha value is -6.33. The Bertz CT molecular complexity index is 2620. The maximum Gasteiger partial charge on any atom is 0.161 e. The number of hydrogen-bond donors (Lipinski definition) is 0. The van der Waals surface area contributed by atoms with E-state index in [9.17, 15) is 0 Å². The van der Waals surface area contributed by atoms with E-state index >= 15 is 0 Å². The van der Waals surface area contributed by atoms with Gasteiger partial charge in [-0.05, 0) is 53.4 Å². The highest BCUT2D eigenvalue weighted by molar-refractivity contribution is 6.13. The fourth-order valence-electron chi connectivity index (χ4n) is 7.14. The zero-order chi connectivity index (χ0) is 32.2. The van der Waals surface area contributed by atoms with Crippen molar-refractivity contribution in [1.29, 1.82) is 0 Å². The highest BCUT2D eigenvalue weighted by Crippen LogP contribution is 2.45. The van der Waals surface area contributed by atoms with E-state index in [0.29, 0.717) is 11.5 Å². The fourth-order valence-corrected chi connectivity index (χ4v) is 7.14. The minimum Gasteiger partial charge on any atom is -0.493 e. The van der Waals surface area contributed by atoms with Gasteiger partial charge in [0.2, 0.25) is 0 Å². The van der Waals surface area contributed by atoms with Gasteiger partial charge in [0.1, 0.15) is 5.69 Å². The summed E-state index contributed by atoms with van der Waals surface area (Å²) in [7, 11) is 3.36. The molecule has 0 bridgehead atoms. The smallest absolute Gasteiger partial charge is 0.161 e. The summed E-state index contributed by atoms with van der Waals surface area (Å²) in [4.78, 5) is 0. The topological polar surface area (TPSA) is 40.7 Å². The molecule has 0 spiro atoms. The van der Waals surface area contributed by atoms with Crippen LogP contribution in [-0.2, 0) is 0 Å². The SMILES string of the molecule is COc1cc2cc(-c3ccccc3)n3nc(-c4ccccc4)c(-c4ccc5c6ccccc6n(-c6ccccc6)c5c4)c3c2cc1OC. The van der Waals surface area contributed by atoms with Gasteiger partial charge >= 0.3 is 0 Å². The first-order valence-electron chi connectivity index (χ1n) is 16.0. The molecule has 9 rings (SSSR count). The zero-order valence-corrected chi connectivity index (χ0v) is 26.6. The lowest BCUT2D eigenvalue weighted by molar-refractivity contribution is 0.356. The molecule has 3 aromatic heterocycles. The van der Waals surface area contributed by atoms with E-state index in [4.69, 9.17) is 14.6 Å². The average Bonchev–Trinajstić information content (AvgIpc) is 3.72. The van der Waals surface area contributed by atoms with Gasteiger partial charge < -0.3 is 14.0 Å². The van der Waals surface area contributed by atoms with E-state index < -0.39 is 0 Å². The Morgan fingerprint density at radius 3 is 1.85 bits per heavy atom. The second-order valence-electron chi connectivity index (χ2n) is 12.0. The number of pyridine rings is 1. The molecule has 230 valence electrons. The molecule has 5 nitrogen and oxygen atoms in total. The van der Waals surface area contributed by atoms with E-state index in [2.05, 4.69) is 149 Å². The molecular weight excluding hydrogens is 590 g/mol. The van der Waals surface area contributed by atoms with Crippen molar-refractivity contribution < 1.29 is 9.47 Å². The first-order chi connectivity index (χ1) is 23.7. The molecule has 0 radical (unpaired) electrons. The molecule has 0 aliphatic carbocycles. The van der Waals surface area contributed by atoms with Crippen LogP contribution in [0.25, 0.3) is 77.4 Å². The van der Waals surface area contributed by atoms with Crippen LogP contribution in [0.5, 0.6) is 11.5 Å². The summed E-state index contributed by atoms with van der Waals surface area (Å²) < 4.78 is 16.1. The van der Waals surface area contributed by atoms with E-state index in [1.807, 2.05) is 12.1 Å². The van der Waals surface area contributed by atoms with Crippen molar-refractivity contribution in [2.45, 2.75) is 0 Å². The number of nitrogens with zero attached hydrogens (tertiary/aromatic N) is 3. The third kappa shape index (κ3) is 4.28. The number of methoxy groups -OCH3 is 2. The number of hydrogen-bond acceptors (Lipinski definition) is 3. The summed E-state index contributed by atoms with van der Waals surface area (Å²) in [5, 5.41) is 9.92. The quantitative estimate of drug-likeness (QED) is 0.185. The first-order valence-corrected chi connectivity index (χ1v) is 16.0. The first kappa shape index (κ1) is 27.9. The van der Waals surface area contributed by atoms with E-state index in [0.717, 1.165) is 61.1 Å². The van der Waals surface area contributed by atoms with Crippen LogP contribution in [0, 0.1) is 0 Å². The second-order valence-corrected chi connectivity index (χ2v) is 12.0. The summed E-state index contributed by atoms with van der Waals surface area (Å²) in [6.45, 7) is 0. The largest absolute Gasteiger partial charge is 0.493 e. The van der Waals surface area contributed by atoms with Crippen molar-refractivity contribution in [1.82, 2.24) is 14.2 Å². The lowest BCUT2D eigenvalue weighted by atomic mass is 9.95. The maximum absolute atomic E-state index is 5.84. The number of rotatable bonds is 6. The van der Waals surface area contributed by atoms with Crippen LogP contribution in [0.1, 0.15) is 0 Å². The van der Waals surface area contributed by atoms with Crippen LogP contribution in [0.4, 0.5) is 0 Å². The predicted molar refractivity (Wildman–Crippen MR) is 196 cm³/mol. The number of fused-ring (bicyclic) bond motifs is 6. The van der Waals surface area contributed by atoms with Crippen molar-refractivity contribution in [3.63, 3.8) is 0 Å². The lowest BCUT2D eigenvalue weighted by Crippen LogP contribution is -1.97. The fraction of sp³-hybridized carbons (Fsp3) is 0.0465. The molecule has 9 aromatic rings. The zero-order valence-electron chi connectivity index (χ0n) is 26.6. The molecule has 0 fully saturated rings. The van der Waals surface area contributed by atoms with Gasteiger partial charge in [-0.25, -0.2) is 4.52 Å². The van der Waals surface area contributed by atoms with Crippen LogP contribution in [0.3, 0.4) is 0 Å². The molecule has 3 heterocycles. The van der Waals surface area contributed by atoms with Gasteiger partial charge in [0.05, 0.1) is 36.5 Å². The van der Waals surface area contributed by atoms with Gasteiger partial charge in [-0.15, -0.1) is 0 Å². The minimum absolute atomic E-state index is 0.674. The second kappa shape index (κ2) is 11.2. The van der Waals surface area contributed by atoms with Crippen LogP contribution in [0.2, 0.25) is 0 Å². The number of para-hydroxylation sites is 2. The van der Waals surface area contributed by atoms with Crippen LogP contribution >= 0.6 is 0 Å². The average molecular weight is 622 g/mol. The van der Waals surface area contributed by atoms with Gasteiger partial charge in [-0.2, -0.15) is 5.10 Å². The van der Waals surface area contributed by atoms with Crippen molar-refractivity contribution >= 4 is 38.1 Å². The van der Waals surface area contributed by atoms with E-state index in [1.165, 1.54) is 16.3 Å². The van der Waals surface area contributed by atoms with Crippen LogP contribution in [-0.4, -0.2) is 28.4 Å². The summed E-state index contributed by atoms with van der Waals surface area (Å²) in [5.41, 5.74) is 10.6. The van der Waals surface area contributed by atoms with Crippen molar-refractivity contribution in [2.24, 2.45) is 0 Å². The highest BCUT2D eigenvalue weighted by atomic mass is 16.5. The van der Waals surface area contributed by atoms with Crippen molar-refractivity contribution in [3.05, 3.63) is 152 Å². The van der Waals surface area contributed by atoms with Crippen LogP contribution < -0.4 is 9.47 Å².